The molecule has 3 rings (SSSR count). The average molecular weight is 522 g/mol. The molecule has 11 heteroatoms. The number of hydrogen-bond acceptors (Lipinski definition) is 6. The normalized spacial score (nSPS) is 14.1. The van der Waals surface area contributed by atoms with Crippen LogP contribution in [0.1, 0.15) is 33.3 Å². The summed E-state index contributed by atoms with van der Waals surface area (Å²) in [6, 6.07) is 9.24. The predicted octanol–water partition coefficient (Wildman–Crippen LogP) is 2.69. The summed E-state index contributed by atoms with van der Waals surface area (Å²) in [5.41, 5.74) is 0.272. The summed E-state index contributed by atoms with van der Waals surface area (Å²) in [7, 11) is -3.89. The van der Waals surface area contributed by atoms with Gasteiger partial charge in [-0.2, -0.15) is 0 Å². The summed E-state index contributed by atoms with van der Waals surface area (Å²) < 4.78 is 50.9. The maximum absolute atomic E-state index is 13.6. The standard InChI is InChI=1S/C25H32FN3O6S/c1-17(24(31)27-25(2,3)4)28(15-18-6-8-19(26)9-7-18)23(30)16-29(36(5,32)33)20-10-11-21-22(14-20)35-13-12-34-21/h6-11,14,17H,12-13,15-16H2,1-5H3,(H,27,31)/t17-/m1/s1. The molecular formula is C25H32FN3O6S. The van der Waals surface area contributed by atoms with E-state index in [1.807, 2.05) is 20.8 Å². The quantitative estimate of drug-likeness (QED) is 0.573. The molecule has 0 spiro atoms. The van der Waals surface area contributed by atoms with Crippen LogP contribution in [0.5, 0.6) is 11.5 Å². The highest BCUT2D eigenvalue weighted by Gasteiger charge is 2.31. The molecule has 0 fully saturated rings. The van der Waals surface area contributed by atoms with Gasteiger partial charge in [0.2, 0.25) is 21.8 Å². The van der Waals surface area contributed by atoms with Gasteiger partial charge in [0.05, 0.1) is 11.9 Å². The summed E-state index contributed by atoms with van der Waals surface area (Å²) in [5.74, 6) is -0.576. The molecule has 0 radical (unpaired) electrons. The van der Waals surface area contributed by atoms with E-state index in [9.17, 15) is 22.4 Å². The van der Waals surface area contributed by atoms with Gasteiger partial charge in [0, 0.05) is 18.2 Å². The van der Waals surface area contributed by atoms with Gasteiger partial charge in [-0.25, -0.2) is 12.8 Å². The number of anilines is 1. The number of fused-ring (bicyclic) bond motifs is 1. The zero-order valence-corrected chi connectivity index (χ0v) is 21.9. The maximum atomic E-state index is 13.6. The second kappa shape index (κ2) is 10.7. The minimum Gasteiger partial charge on any atom is -0.486 e. The number of nitrogens with zero attached hydrogens (tertiary/aromatic N) is 2. The molecule has 196 valence electrons. The van der Waals surface area contributed by atoms with Crippen LogP contribution in [0.3, 0.4) is 0 Å². The molecule has 2 aromatic rings. The van der Waals surface area contributed by atoms with Crippen molar-refractivity contribution in [2.24, 2.45) is 0 Å². The molecule has 36 heavy (non-hydrogen) atoms. The number of carbonyl (C=O) groups is 2. The van der Waals surface area contributed by atoms with E-state index in [4.69, 9.17) is 9.47 Å². The van der Waals surface area contributed by atoms with E-state index in [1.54, 1.807) is 13.0 Å². The van der Waals surface area contributed by atoms with E-state index < -0.39 is 45.8 Å². The summed E-state index contributed by atoms with van der Waals surface area (Å²) in [6.07, 6.45) is 0.997. The highest BCUT2D eigenvalue weighted by Crippen LogP contribution is 2.34. The fraction of sp³-hybridized carbons (Fsp3) is 0.440. The van der Waals surface area contributed by atoms with Crippen molar-refractivity contribution in [1.29, 1.82) is 0 Å². The van der Waals surface area contributed by atoms with Crippen LogP contribution in [-0.4, -0.2) is 62.7 Å². The fourth-order valence-electron chi connectivity index (χ4n) is 3.64. The van der Waals surface area contributed by atoms with Crippen LogP contribution in [0.4, 0.5) is 10.1 Å². The maximum Gasteiger partial charge on any atom is 0.244 e. The van der Waals surface area contributed by atoms with Gasteiger partial charge in [-0.15, -0.1) is 0 Å². The average Bonchev–Trinajstić information content (AvgIpc) is 2.79. The smallest absolute Gasteiger partial charge is 0.244 e. The van der Waals surface area contributed by atoms with E-state index in [2.05, 4.69) is 5.32 Å². The first-order valence-electron chi connectivity index (χ1n) is 11.5. The van der Waals surface area contributed by atoms with Crippen molar-refractivity contribution in [2.75, 3.05) is 30.3 Å². The Bertz CT molecular complexity index is 1210. The summed E-state index contributed by atoms with van der Waals surface area (Å²) in [5, 5.41) is 2.84. The molecule has 0 aromatic heterocycles. The highest BCUT2D eigenvalue weighted by atomic mass is 32.2. The highest BCUT2D eigenvalue weighted by molar-refractivity contribution is 7.92. The van der Waals surface area contributed by atoms with Crippen molar-refractivity contribution in [1.82, 2.24) is 10.2 Å². The fourth-order valence-corrected chi connectivity index (χ4v) is 4.49. The largest absolute Gasteiger partial charge is 0.486 e. The Hall–Kier alpha value is -3.34. The van der Waals surface area contributed by atoms with E-state index >= 15 is 0 Å². The van der Waals surface area contributed by atoms with Gasteiger partial charge < -0.3 is 19.7 Å². The molecule has 2 amide bonds. The first-order chi connectivity index (χ1) is 16.7. The van der Waals surface area contributed by atoms with Crippen molar-refractivity contribution in [3.8, 4) is 11.5 Å². The lowest BCUT2D eigenvalue weighted by molar-refractivity contribution is -0.140. The molecular weight excluding hydrogens is 489 g/mol. The number of nitrogens with one attached hydrogen (secondary N) is 1. The monoisotopic (exact) mass is 521 g/mol. The molecule has 0 saturated heterocycles. The van der Waals surface area contributed by atoms with Gasteiger partial charge in [0.15, 0.2) is 11.5 Å². The van der Waals surface area contributed by atoms with Crippen LogP contribution < -0.4 is 19.1 Å². The number of rotatable bonds is 8. The van der Waals surface area contributed by atoms with Crippen LogP contribution in [0.15, 0.2) is 42.5 Å². The summed E-state index contributed by atoms with van der Waals surface area (Å²) >= 11 is 0. The van der Waals surface area contributed by atoms with Crippen molar-refractivity contribution in [3.63, 3.8) is 0 Å². The minimum absolute atomic E-state index is 0.0173. The molecule has 9 nitrogen and oxygen atoms in total. The van der Waals surface area contributed by atoms with Gasteiger partial charge in [-0.1, -0.05) is 12.1 Å². The number of benzene rings is 2. The SMILES string of the molecule is C[C@H](C(=O)NC(C)(C)C)N(Cc1ccc(F)cc1)C(=O)CN(c1ccc2c(c1)OCCO2)S(C)(=O)=O. The summed E-state index contributed by atoms with van der Waals surface area (Å²) in [6.45, 7) is 7.15. The zero-order valence-electron chi connectivity index (χ0n) is 21.1. The van der Waals surface area contributed by atoms with E-state index in [0.29, 0.717) is 30.3 Å². The summed E-state index contributed by atoms with van der Waals surface area (Å²) in [4.78, 5) is 27.8. The predicted molar refractivity (Wildman–Crippen MR) is 134 cm³/mol. The second-order valence-corrected chi connectivity index (χ2v) is 11.6. The Kier molecular flexibility index (Phi) is 8.12. The Morgan fingerprint density at radius 3 is 2.25 bits per heavy atom. The number of hydrogen-bond donors (Lipinski definition) is 1. The molecule has 1 aliphatic rings. The molecule has 1 N–H and O–H groups in total. The van der Waals surface area contributed by atoms with Crippen LogP contribution in [0.25, 0.3) is 0 Å². The van der Waals surface area contributed by atoms with Gasteiger partial charge >= 0.3 is 0 Å². The number of sulfonamides is 1. The third-order valence-electron chi connectivity index (χ3n) is 5.42. The van der Waals surface area contributed by atoms with Crippen molar-refractivity contribution in [2.45, 2.75) is 45.8 Å². The Balaban J connectivity index is 1.92. The number of ether oxygens (including phenoxy) is 2. The minimum atomic E-state index is -3.89. The first-order valence-corrected chi connectivity index (χ1v) is 13.3. The molecule has 1 aliphatic heterocycles. The molecule has 0 saturated carbocycles. The zero-order chi connectivity index (χ0) is 26.7. The van der Waals surface area contributed by atoms with Gasteiger partial charge in [-0.3, -0.25) is 13.9 Å². The van der Waals surface area contributed by atoms with Gasteiger partial charge in [0.1, 0.15) is 31.6 Å². The topological polar surface area (TPSA) is 105 Å². The first kappa shape index (κ1) is 27.3. The van der Waals surface area contributed by atoms with Crippen LogP contribution >= 0.6 is 0 Å². The Labute approximate surface area is 211 Å². The van der Waals surface area contributed by atoms with Crippen molar-refractivity contribution in [3.05, 3.63) is 53.8 Å². The number of carbonyl (C=O) groups excluding carboxylic acids is 2. The molecule has 1 atom stereocenters. The van der Waals surface area contributed by atoms with Crippen molar-refractivity contribution >= 4 is 27.5 Å². The van der Waals surface area contributed by atoms with E-state index in [-0.39, 0.29) is 12.2 Å². The van der Waals surface area contributed by atoms with Crippen molar-refractivity contribution < 1.29 is 31.9 Å². The Morgan fingerprint density at radius 2 is 1.67 bits per heavy atom. The molecule has 2 aromatic carbocycles. The molecule has 0 aliphatic carbocycles. The van der Waals surface area contributed by atoms with Gasteiger partial charge in [0.25, 0.3) is 0 Å². The molecule has 0 bridgehead atoms. The Morgan fingerprint density at radius 1 is 1.06 bits per heavy atom. The molecule has 0 unspecified atom stereocenters. The van der Waals surface area contributed by atoms with Crippen LogP contribution in [0.2, 0.25) is 0 Å². The van der Waals surface area contributed by atoms with E-state index in [0.717, 1.165) is 10.6 Å². The number of amides is 2. The van der Waals surface area contributed by atoms with Crippen LogP contribution in [-0.2, 0) is 26.2 Å². The molecule has 1 heterocycles. The van der Waals surface area contributed by atoms with E-state index in [1.165, 1.54) is 41.3 Å². The lowest BCUT2D eigenvalue weighted by atomic mass is 10.1. The van der Waals surface area contributed by atoms with Gasteiger partial charge in [-0.05, 0) is 57.5 Å². The number of halogens is 1. The lowest BCUT2D eigenvalue weighted by Crippen LogP contribution is -2.54. The third-order valence-corrected chi connectivity index (χ3v) is 6.57. The second-order valence-electron chi connectivity index (χ2n) is 9.66. The van der Waals surface area contributed by atoms with Crippen LogP contribution in [0, 0.1) is 5.82 Å². The lowest BCUT2D eigenvalue weighted by Gasteiger charge is -2.33. The third kappa shape index (κ3) is 7.09.